The Morgan fingerprint density at radius 2 is 1.71 bits per heavy atom. The van der Waals surface area contributed by atoms with Gasteiger partial charge in [0, 0.05) is 38.3 Å². The van der Waals surface area contributed by atoms with Crippen molar-refractivity contribution in [3.8, 4) is 23.3 Å². The molecule has 1 aromatic carbocycles. The molecule has 8 heteroatoms. The molecule has 0 bridgehead atoms. The Morgan fingerprint density at radius 1 is 1.10 bits per heavy atom. The minimum absolute atomic E-state index is 0.0296. The third-order valence-corrected chi connectivity index (χ3v) is 6.28. The van der Waals surface area contributed by atoms with Crippen molar-refractivity contribution in [3.05, 3.63) is 17.7 Å². The van der Waals surface area contributed by atoms with E-state index in [-0.39, 0.29) is 17.9 Å². The van der Waals surface area contributed by atoms with E-state index in [2.05, 4.69) is 21.2 Å². The van der Waals surface area contributed by atoms with Crippen LogP contribution in [-0.2, 0) is 11.3 Å². The van der Waals surface area contributed by atoms with E-state index in [1.165, 1.54) is 0 Å². The quantitative estimate of drug-likeness (QED) is 0.640. The lowest BCUT2D eigenvalue weighted by Gasteiger charge is -2.38. The van der Waals surface area contributed by atoms with Crippen molar-refractivity contribution < 1.29 is 19.0 Å². The molecule has 31 heavy (non-hydrogen) atoms. The molecule has 2 atom stereocenters. The van der Waals surface area contributed by atoms with Crippen LogP contribution >= 0.6 is 0 Å². The van der Waals surface area contributed by atoms with Crippen LogP contribution in [-0.4, -0.2) is 74.8 Å². The van der Waals surface area contributed by atoms with Gasteiger partial charge in [-0.2, -0.15) is 5.26 Å². The molecular weight excluding hydrogens is 396 g/mol. The van der Waals surface area contributed by atoms with Crippen molar-refractivity contribution in [2.24, 2.45) is 5.92 Å². The van der Waals surface area contributed by atoms with Gasteiger partial charge in [-0.25, -0.2) is 0 Å². The number of methoxy groups -OCH3 is 3. The molecule has 1 aliphatic heterocycles. The lowest BCUT2D eigenvalue weighted by atomic mass is 9.89. The van der Waals surface area contributed by atoms with E-state index in [4.69, 9.17) is 14.2 Å². The predicted octanol–water partition coefficient (Wildman–Crippen LogP) is 2.27. The monoisotopic (exact) mass is 432 g/mol. The van der Waals surface area contributed by atoms with Crippen LogP contribution in [0.15, 0.2) is 12.1 Å². The number of nitrogens with zero attached hydrogens (tertiary/aromatic N) is 3. The van der Waals surface area contributed by atoms with Crippen LogP contribution < -0.4 is 19.5 Å². The molecule has 0 saturated carbocycles. The van der Waals surface area contributed by atoms with Crippen molar-refractivity contribution in [2.45, 2.75) is 45.8 Å². The van der Waals surface area contributed by atoms with Gasteiger partial charge in [0.05, 0.1) is 33.4 Å². The van der Waals surface area contributed by atoms with Crippen LogP contribution in [0.3, 0.4) is 0 Å². The first-order chi connectivity index (χ1) is 14.7. The zero-order chi connectivity index (χ0) is 23.2. The smallest absolute Gasteiger partial charge is 0.238 e. The Bertz CT molecular complexity index is 800. The number of hydrogen-bond donors (Lipinski definition) is 1. The topological polar surface area (TPSA) is 87.1 Å². The number of ether oxygens (including phenoxy) is 3. The Labute approximate surface area is 186 Å². The van der Waals surface area contributed by atoms with Crippen LogP contribution in [0.2, 0.25) is 0 Å². The first kappa shape index (κ1) is 24.8. The fourth-order valence-electron chi connectivity index (χ4n) is 3.66. The van der Waals surface area contributed by atoms with Gasteiger partial charge in [-0.15, -0.1) is 0 Å². The number of benzene rings is 1. The van der Waals surface area contributed by atoms with E-state index in [1.807, 2.05) is 32.9 Å². The van der Waals surface area contributed by atoms with Gasteiger partial charge in [0.2, 0.25) is 11.7 Å². The normalized spacial score (nSPS) is 18.0. The van der Waals surface area contributed by atoms with Gasteiger partial charge in [-0.1, -0.05) is 19.9 Å². The van der Waals surface area contributed by atoms with Gasteiger partial charge in [-0.05, 0) is 25.8 Å². The Kier molecular flexibility index (Phi) is 8.54. The molecule has 1 aromatic rings. The van der Waals surface area contributed by atoms with Crippen molar-refractivity contribution in [1.29, 1.82) is 5.26 Å². The highest BCUT2D eigenvalue weighted by Gasteiger charge is 2.34. The molecule has 0 aromatic heterocycles. The van der Waals surface area contributed by atoms with Gasteiger partial charge in [0.1, 0.15) is 5.54 Å². The van der Waals surface area contributed by atoms with Crippen LogP contribution in [0.5, 0.6) is 17.2 Å². The summed E-state index contributed by atoms with van der Waals surface area (Å²) in [5.74, 6) is 1.84. The minimum atomic E-state index is -0.864. The minimum Gasteiger partial charge on any atom is -0.493 e. The van der Waals surface area contributed by atoms with Crippen LogP contribution in [0, 0.1) is 17.2 Å². The molecule has 172 valence electrons. The highest BCUT2D eigenvalue weighted by molar-refractivity contribution is 5.82. The largest absolute Gasteiger partial charge is 0.493 e. The van der Waals surface area contributed by atoms with E-state index >= 15 is 0 Å². The summed E-state index contributed by atoms with van der Waals surface area (Å²) in [4.78, 5) is 17.2. The number of carbonyl (C=O) groups excluding carboxylic acids is 1. The molecule has 1 fully saturated rings. The van der Waals surface area contributed by atoms with E-state index in [9.17, 15) is 10.1 Å². The molecular formula is C23H36N4O4. The summed E-state index contributed by atoms with van der Waals surface area (Å²) in [5.41, 5.74) is 0.165. The number of nitriles is 1. The first-order valence-electron chi connectivity index (χ1n) is 10.7. The number of carbonyl (C=O) groups is 1. The Hall–Kier alpha value is -2.50. The summed E-state index contributed by atoms with van der Waals surface area (Å²) in [6, 6.07) is 5.84. The number of nitrogens with one attached hydrogen (secondary N) is 1. The molecule has 0 radical (unpaired) electrons. The highest BCUT2D eigenvalue weighted by Crippen LogP contribution is 2.40. The molecule has 0 spiro atoms. The maximum absolute atomic E-state index is 12.7. The first-order valence-corrected chi connectivity index (χ1v) is 10.7. The summed E-state index contributed by atoms with van der Waals surface area (Å²) >= 11 is 0. The lowest BCUT2D eigenvalue weighted by molar-refractivity contribution is -0.128. The summed E-state index contributed by atoms with van der Waals surface area (Å²) < 4.78 is 16.4. The van der Waals surface area contributed by atoms with Crippen LogP contribution in [0.1, 0.15) is 33.3 Å². The molecule has 1 amide bonds. The SMILES string of the molecule is COc1ccc(CN2CCN([C@@H](C)C(=O)N[C@](C)(C#N)C(C)C)CC2)c(OC)c1OC. The van der Waals surface area contributed by atoms with E-state index in [1.54, 1.807) is 28.3 Å². The van der Waals surface area contributed by atoms with Gasteiger partial charge >= 0.3 is 0 Å². The summed E-state index contributed by atoms with van der Waals surface area (Å²) in [7, 11) is 4.84. The Morgan fingerprint density at radius 3 is 2.19 bits per heavy atom. The second-order valence-corrected chi connectivity index (χ2v) is 8.44. The fourth-order valence-corrected chi connectivity index (χ4v) is 3.66. The lowest BCUT2D eigenvalue weighted by Crippen LogP contribution is -2.58. The maximum Gasteiger partial charge on any atom is 0.238 e. The van der Waals surface area contributed by atoms with Gasteiger partial charge in [0.25, 0.3) is 0 Å². The van der Waals surface area contributed by atoms with Crippen molar-refractivity contribution >= 4 is 5.91 Å². The van der Waals surface area contributed by atoms with Crippen LogP contribution in [0.4, 0.5) is 0 Å². The van der Waals surface area contributed by atoms with Gasteiger partial charge in [0.15, 0.2) is 11.5 Å². The number of hydrogen-bond acceptors (Lipinski definition) is 7. The molecule has 2 rings (SSSR count). The summed E-state index contributed by atoms with van der Waals surface area (Å²) in [5, 5.41) is 12.4. The summed E-state index contributed by atoms with van der Waals surface area (Å²) in [6.45, 7) is 11.5. The standard InChI is InChI=1S/C23H36N4O4/c1-16(2)23(4,15-24)25-22(28)17(3)27-12-10-26(11-13-27)14-18-8-9-19(29-5)21(31-7)20(18)30-6/h8-9,16-17H,10-14H2,1-7H3,(H,25,28)/t17-,23+/m0/s1. The third kappa shape index (κ3) is 5.60. The Balaban J connectivity index is 1.99. The third-order valence-electron chi connectivity index (χ3n) is 6.28. The van der Waals surface area contributed by atoms with Gasteiger partial charge < -0.3 is 19.5 Å². The van der Waals surface area contributed by atoms with Crippen LogP contribution in [0.25, 0.3) is 0 Å². The van der Waals surface area contributed by atoms with Crippen molar-refractivity contribution in [3.63, 3.8) is 0 Å². The van der Waals surface area contributed by atoms with E-state index in [0.717, 1.165) is 38.3 Å². The molecule has 1 heterocycles. The van der Waals surface area contributed by atoms with Crippen molar-refractivity contribution in [1.82, 2.24) is 15.1 Å². The van der Waals surface area contributed by atoms with E-state index in [0.29, 0.717) is 17.2 Å². The number of amides is 1. The average Bonchev–Trinajstić information content (AvgIpc) is 2.78. The molecule has 1 aliphatic rings. The zero-order valence-corrected chi connectivity index (χ0v) is 19.8. The zero-order valence-electron chi connectivity index (χ0n) is 19.8. The number of rotatable bonds is 9. The highest BCUT2D eigenvalue weighted by atomic mass is 16.5. The maximum atomic E-state index is 12.7. The molecule has 8 nitrogen and oxygen atoms in total. The molecule has 0 unspecified atom stereocenters. The average molecular weight is 433 g/mol. The van der Waals surface area contributed by atoms with Gasteiger partial charge in [-0.3, -0.25) is 14.6 Å². The fraction of sp³-hybridized carbons (Fsp3) is 0.652. The number of piperazine rings is 1. The predicted molar refractivity (Wildman–Crippen MR) is 119 cm³/mol. The molecule has 0 aliphatic carbocycles. The van der Waals surface area contributed by atoms with E-state index < -0.39 is 5.54 Å². The second-order valence-electron chi connectivity index (χ2n) is 8.44. The second kappa shape index (κ2) is 10.7. The van der Waals surface area contributed by atoms with Crippen molar-refractivity contribution in [2.75, 3.05) is 47.5 Å². The molecule has 1 saturated heterocycles. The molecule has 1 N–H and O–H groups in total. The summed E-state index contributed by atoms with van der Waals surface area (Å²) in [6.07, 6.45) is 0.